The molecule has 0 bridgehead atoms. The number of carbonyl (C=O) groups excluding carboxylic acids is 1. The van der Waals surface area contributed by atoms with Gasteiger partial charge in [0, 0.05) is 43.6 Å². The maximum atomic E-state index is 16.6. The molecule has 2 fully saturated rings. The first-order valence-electron chi connectivity index (χ1n) is 14.3. The van der Waals surface area contributed by atoms with Gasteiger partial charge in [0.15, 0.2) is 11.6 Å². The van der Waals surface area contributed by atoms with Crippen LogP contribution in [0.1, 0.15) is 31.4 Å². The molecule has 0 saturated carbocycles. The second-order valence-electron chi connectivity index (χ2n) is 11.8. The number of carbonyl (C=O) groups is 1. The number of aromatic nitrogens is 3. The first-order chi connectivity index (χ1) is 21.1. The predicted octanol–water partition coefficient (Wildman–Crippen LogP) is 5.63. The van der Waals surface area contributed by atoms with Crippen LogP contribution in [-0.2, 0) is 11.0 Å². The molecule has 45 heavy (non-hydrogen) atoms. The van der Waals surface area contributed by atoms with E-state index >= 15 is 4.39 Å². The molecule has 3 aromatic rings. The van der Waals surface area contributed by atoms with Crippen LogP contribution in [0, 0.1) is 18.7 Å². The SMILES string of the molecule is C=C(F)C(=O)N1CCN(c2nc(OCC3CC(C)CN3C)nc3c(F)c(-c4nc(N)cc(C)c4C(F)(F)F)c(Cl)cc23)C(C)C1. The number of halogens is 6. The highest BCUT2D eigenvalue weighted by molar-refractivity contribution is 6.34. The fraction of sp³-hybridized carbons (Fsp3) is 0.467. The van der Waals surface area contributed by atoms with Gasteiger partial charge in [-0.3, -0.25) is 9.69 Å². The summed E-state index contributed by atoms with van der Waals surface area (Å²) >= 11 is 6.53. The number of hydrogen-bond donors (Lipinski definition) is 1. The third-order valence-electron chi connectivity index (χ3n) is 8.32. The van der Waals surface area contributed by atoms with Crippen molar-refractivity contribution >= 4 is 40.0 Å². The summed E-state index contributed by atoms with van der Waals surface area (Å²) in [5.41, 5.74) is 2.66. The molecule has 0 radical (unpaired) electrons. The highest BCUT2D eigenvalue weighted by Gasteiger charge is 2.39. The summed E-state index contributed by atoms with van der Waals surface area (Å²) in [6.45, 7) is 9.61. The van der Waals surface area contributed by atoms with Crippen LogP contribution in [0.5, 0.6) is 6.01 Å². The quantitative estimate of drug-likeness (QED) is 0.270. The van der Waals surface area contributed by atoms with Crippen LogP contribution in [0.25, 0.3) is 22.2 Å². The van der Waals surface area contributed by atoms with E-state index in [1.165, 1.54) is 17.9 Å². The number of anilines is 2. The van der Waals surface area contributed by atoms with Crippen molar-refractivity contribution in [2.75, 3.05) is 50.5 Å². The Morgan fingerprint density at radius 2 is 1.89 bits per heavy atom. The highest BCUT2D eigenvalue weighted by Crippen LogP contribution is 2.45. The number of nitrogens with zero attached hydrogens (tertiary/aromatic N) is 6. The summed E-state index contributed by atoms with van der Waals surface area (Å²) in [6, 6.07) is 1.76. The van der Waals surface area contributed by atoms with E-state index < -0.39 is 46.6 Å². The van der Waals surface area contributed by atoms with E-state index in [-0.39, 0.29) is 71.4 Å². The van der Waals surface area contributed by atoms with Gasteiger partial charge in [-0.15, -0.1) is 0 Å². The van der Waals surface area contributed by atoms with Crippen molar-refractivity contribution in [1.29, 1.82) is 0 Å². The average Bonchev–Trinajstić information content (AvgIpc) is 3.26. The number of hydrogen-bond acceptors (Lipinski definition) is 8. The molecule has 3 unspecified atom stereocenters. The lowest BCUT2D eigenvalue weighted by Crippen LogP contribution is -2.54. The number of amides is 1. The second kappa shape index (κ2) is 12.2. The molecular formula is C30H33ClF5N7O2. The third kappa shape index (κ3) is 6.35. The van der Waals surface area contributed by atoms with Gasteiger partial charge in [-0.1, -0.05) is 25.1 Å². The summed E-state index contributed by atoms with van der Waals surface area (Å²) in [7, 11) is 1.96. The highest BCUT2D eigenvalue weighted by atomic mass is 35.5. The number of ether oxygens (including phenoxy) is 1. The zero-order valence-corrected chi connectivity index (χ0v) is 25.9. The van der Waals surface area contributed by atoms with E-state index in [2.05, 4.69) is 33.4 Å². The van der Waals surface area contributed by atoms with Gasteiger partial charge in [0.05, 0.1) is 21.8 Å². The summed E-state index contributed by atoms with van der Waals surface area (Å²) < 4.78 is 78.8. The van der Waals surface area contributed by atoms with E-state index in [0.717, 1.165) is 19.0 Å². The minimum absolute atomic E-state index is 0.0458. The van der Waals surface area contributed by atoms with Crippen LogP contribution in [0.2, 0.25) is 5.02 Å². The Balaban J connectivity index is 1.66. The second-order valence-corrected chi connectivity index (χ2v) is 12.2. The predicted molar refractivity (Wildman–Crippen MR) is 161 cm³/mol. The topological polar surface area (TPSA) is 101 Å². The van der Waals surface area contributed by atoms with Crippen molar-refractivity contribution in [3.05, 3.63) is 46.5 Å². The zero-order valence-electron chi connectivity index (χ0n) is 25.2. The Kier molecular flexibility index (Phi) is 8.84. The van der Waals surface area contributed by atoms with Crippen LogP contribution < -0.4 is 15.4 Å². The van der Waals surface area contributed by atoms with Gasteiger partial charge in [0.2, 0.25) is 0 Å². The molecule has 2 N–H and O–H groups in total. The Morgan fingerprint density at radius 3 is 2.49 bits per heavy atom. The van der Waals surface area contributed by atoms with Gasteiger partial charge in [0.25, 0.3) is 5.91 Å². The van der Waals surface area contributed by atoms with Crippen molar-refractivity contribution in [3.8, 4) is 17.3 Å². The normalized spacial score (nSPS) is 21.1. The summed E-state index contributed by atoms with van der Waals surface area (Å²) in [5.74, 6) is -2.69. The maximum Gasteiger partial charge on any atom is 0.418 e. The molecule has 242 valence electrons. The number of piperazine rings is 1. The van der Waals surface area contributed by atoms with E-state index in [4.69, 9.17) is 22.1 Å². The first kappa shape index (κ1) is 32.6. The van der Waals surface area contributed by atoms with Crippen LogP contribution in [0.4, 0.5) is 33.6 Å². The number of aryl methyl sites for hydroxylation is 1. The largest absolute Gasteiger partial charge is 0.462 e. The number of nitrogens with two attached hydrogens (primary N) is 1. The number of likely N-dealkylation sites (N-methyl/N-ethyl adjacent to an activating group) is 1. The number of pyridine rings is 1. The Morgan fingerprint density at radius 1 is 1.18 bits per heavy atom. The molecule has 2 aromatic heterocycles. The standard InChI is InChI=1S/C30H33ClF5N7O2/c1-14-8-18(41(5)11-14)13-45-29-39-25-19(27(40-29)43-7-6-42(12-16(43)3)28(44)17(4)32)10-20(31)22(24(25)33)26-23(30(34,35)36)15(2)9-21(37)38-26/h9-10,14,16,18H,4,6-8,11-13H2,1-3,5H3,(H2,37,38). The van der Waals surface area contributed by atoms with Gasteiger partial charge in [-0.2, -0.15) is 23.1 Å². The van der Waals surface area contributed by atoms with Gasteiger partial charge >= 0.3 is 12.2 Å². The molecule has 2 aliphatic rings. The van der Waals surface area contributed by atoms with Gasteiger partial charge in [-0.25, -0.2) is 13.8 Å². The van der Waals surface area contributed by atoms with Crippen LogP contribution in [0.3, 0.4) is 0 Å². The Hall–Kier alpha value is -3.78. The molecular weight excluding hydrogens is 621 g/mol. The number of likely N-dealkylation sites (tertiary alicyclic amines) is 1. The molecule has 9 nitrogen and oxygen atoms in total. The fourth-order valence-electron chi connectivity index (χ4n) is 6.25. The Labute approximate surface area is 261 Å². The van der Waals surface area contributed by atoms with Gasteiger partial charge < -0.3 is 20.3 Å². The Bertz CT molecular complexity index is 1670. The van der Waals surface area contributed by atoms with Gasteiger partial charge in [0.1, 0.15) is 23.8 Å². The zero-order chi connectivity index (χ0) is 33.0. The molecule has 0 aliphatic carbocycles. The monoisotopic (exact) mass is 653 g/mol. The minimum Gasteiger partial charge on any atom is -0.462 e. The van der Waals surface area contributed by atoms with Crippen molar-refractivity contribution < 1.29 is 31.5 Å². The molecule has 1 aromatic carbocycles. The molecule has 4 heterocycles. The van der Waals surface area contributed by atoms with Gasteiger partial charge in [-0.05, 0) is 50.9 Å². The van der Waals surface area contributed by atoms with Crippen LogP contribution >= 0.6 is 11.6 Å². The number of rotatable bonds is 6. The van der Waals surface area contributed by atoms with Crippen LogP contribution in [-0.4, -0.2) is 82.6 Å². The van der Waals surface area contributed by atoms with E-state index in [9.17, 15) is 22.4 Å². The lowest BCUT2D eigenvalue weighted by Gasteiger charge is -2.40. The van der Waals surface area contributed by atoms with Crippen molar-refractivity contribution in [2.24, 2.45) is 5.92 Å². The summed E-state index contributed by atoms with van der Waals surface area (Å²) in [4.78, 5) is 30.2. The van der Waals surface area contributed by atoms with Crippen molar-refractivity contribution in [2.45, 2.75) is 45.5 Å². The molecule has 0 spiro atoms. The lowest BCUT2D eigenvalue weighted by molar-refractivity contribution is -0.137. The number of alkyl halides is 3. The van der Waals surface area contributed by atoms with E-state index in [1.807, 2.05) is 7.05 Å². The number of nitrogen functional groups attached to an aromatic ring is 1. The molecule has 3 atom stereocenters. The molecule has 2 aliphatic heterocycles. The smallest absolute Gasteiger partial charge is 0.418 e. The molecule has 5 rings (SSSR count). The lowest BCUT2D eigenvalue weighted by atomic mass is 9.99. The first-order valence-corrected chi connectivity index (χ1v) is 14.7. The maximum absolute atomic E-state index is 16.6. The summed E-state index contributed by atoms with van der Waals surface area (Å²) in [5, 5.41) is -0.255. The summed E-state index contributed by atoms with van der Waals surface area (Å²) in [6.07, 6.45) is -4.03. The third-order valence-corrected chi connectivity index (χ3v) is 8.62. The average molecular weight is 654 g/mol. The fourth-order valence-corrected chi connectivity index (χ4v) is 6.53. The number of benzene rings is 1. The number of fused-ring (bicyclic) bond motifs is 1. The van der Waals surface area contributed by atoms with E-state index in [1.54, 1.807) is 11.8 Å². The molecule has 15 heteroatoms. The van der Waals surface area contributed by atoms with Crippen molar-refractivity contribution in [3.63, 3.8) is 0 Å². The minimum atomic E-state index is -4.89. The van der Waals surface area contributed by atoms with Crippen molar-refractivity contribution in [1.82, 2.24) is 24.8 Å². The van der Waals surface area contributed by atoms with Crippen LogP contribution in [0.15, 0.2) is 24.5 Å². The molecule has 1 amide bonds. The molecule has 2 saturated heterocycles. The van der Waals surface area contributed by atoms with E-state index in [0.29, 0.717) is 5.92 Å².